The number of nitrogens with zero attached hydrogens (tertiary/aromatic N) is 1. The Labute approximate surface area is 150 Å². The molecule has 5 heteroatoms. The standard InChI is InChI=1S/C20H21N3OS/c24-19-18-15-7-3-4-8-16(15)25-20(18)22-17(21-19)12-23-10-9-13-5-1-2-6-14(13)11-23/h1-2,5-6H,3-4,7-12H2,(H,21,22,24)/p+1. The van der Waals surface area contributed by atoms with E-state index in [-0.39, 0.29) is 5.56 Å². The normalized spacial score (nSPS) is 19.6. The van der Waals surface area contributed by atoms with E-state index in [1.54, 1.807) is 11.3 Å². The lowest BCUT2D eigenvalue weighted by molar-refractivity contribution is -0.930. The summed E-state index contributed by atoms with van der Waals surface area (Å²) in [5, 5.41) is 0.863. The minimum atomic E-state index is 0.0659. The largest absolute Gasteiger partial charge is 0.325 e. The van der Waals surface area contributed by atoms with Crippen molar-refractivity contribution in [1.82, 2.24) is 9.97 Å². The molecule has 1 aliphatic carbocycles. The van der Waals surface area contributed by atoms with Crippen LogP contribution in [0.4, 0.5) is 0 Å². The molecule has 1 aromatic carbocycles. The van der Waals surface area contributed by atoms with Crippen molar-refractivity contribution in [1.29, 1.82) is 0 Å². The molecule has 0 amide bonds. The molecular weight excluding hydrogens is 330 g/mol. The zero-order valence-corrected chi connectivity index (χ0v) is 15.0. The number of nitrogens with one attached hydrogen (secondary N) is 2. The van der Waals surface area contributed by atoms with Gasteiger partial charge in [0, 0.05) is 16.9 Å². The number of H-pyrrole nitrogens is 1. The first kappa shape index (κ1) is 15.3. The van der Waals surface area contributed by atoms with E-state index in [2.05, 4.69) is 29.2 Å². The van der Waals surface area contributed by atoms with Crippen molar-refractivity contribution in [2.45, 2.75) is 45.2 Å². The summed E-state index contributed by atoms with van der Waals surface area (Å²) in [6.45, 7) is 2.90. The fourth-order valence-corrected chi connectivity index (χ4v) is 5.60. The van der Waals surface area contributed by atoms with E-state index in [9.17, 15) is 4.79 Å². The minimum absolute atomic E-state index is 0.0659. The van der Waals surface area contributed by atoms with Crippen molar-refractivity contribution < 1.29 is 4.90 Å². The molecule has 1 atom stereocenters. The molecule has 25 heavy (non-hydrogen) atoms. The van der Waals surface area contributed by atoms with Crippen molar-refractivity contribution in [3.63, 3.8) is 0 Å². The van der Waals surface area contributed by atoms with Crippen LogP contribution < -0.4 is 10.5 Å². The number of benzene rings is 1. The van der Waals surface area contributed by atoms with Gasteiger partial charge < -0.3 is 9.88 Å². The fraction of sp³-hybridized carbons (Fsp3) is 0.400. The summed E-state index contributed by atoms with van der Waals surface area (Å²) < 4.78 is 0. The Bertz CT molecular complexity index is 1000. The summed E-state index contributed by atoms with van der Waals surface area (Å²) in [4.78, 5) is 24.4. The summed E-state index contributed by atoms with van der Waals surface area (Å²) in [5.74, 6) is 0.838. The van der Waals surface area contributed by atoms with E-state index < -0.39 is 0 Å². The van der Waals surface area contributed by atoms with Crippen molar-refractivity contribution in [3.05, 3.63) is 62.0 Å². The SMILES string of the molecule is O=c1[nH]c(C[NH+]2CCc3ccccc3C2)nc2sc3c(c12)CCCC3. The lowest BCUT2D eigenvalue weighted by Gasteiger charge is -2.25. The highest BCUT2D eigenvalue weighted by atomic mass is 32.1. The highest BCUT2D eigenvalue weighted by Gasteiger charge is 2.23. The summed E-state index contributed by atoms with van der Waals surface area (Å²) in [6, 6.07) is 8.69. The first-order valence-electron chi connectivity index (χ1n) is 9.22. The molecule has 4 nitrogen and oxygen atoms in total. The quantitative estimate of drug-likeness (QED) is 0.741. The van der Waals surface area contributed by atoms with Gasteiger partial charge in [0.05, 0.1) is 11.9 Å². The molecule has 1 unspecified atom stereocenters. The Morgan fingerprint density at radius 1 is 1.12 bits per heavy atom. The van der Waals surface area contributed by atoms with Crippen LogP contribution in [0.2, 0.25) is 0 Å². The molecule has 2 aromatic heterocycles. The molecule has 128 valence electrons. The second kappa shape index (κ2) is 6.07. The van der Waals surface area contributed by atoms with Crippen molar-refractivity contribution in [3.8, 4) is 0 Å². The zero-order valence-electron chi connectivity index (χ0n) is 14.2. The highest BCUT2D eigenvalue weighted by Crippen LogP contribution is 2.33. The van der Waals surface area contributed by atoms with Crippen LogP contribution in [-0.2, 0) is 32.4 Å². The van der Waals surface area contributed by atoms with E-state index in [4.69, 9.17) is 4.98 Å². The second-order valence-corrected chi connectivity index (χ2v) is 8.36. The predicted molar refractivity (Wildman–Crippen MR) is 100 cm³/mol. The average molecular weight is 352 g/mol. The molecule has 1 aliphatic heterocycles. The molecule has 0 spiro atoms. The molecule has 3 heterocycles. The van der Waals surface area contributed by atoms with Gasteiger partial charge in [0.1, 0.15) is 17.9 Å². The van der Waals surface area contributed by atoms with Gasteiger partial charge in [-0.15, -0.1) is 11.3 Å². The van der Waals surface area contributed by atoms with E-state index in [0.29, 0.717) is 0 Å². The van der Waals surface area contributed by atoms with Gasteiger partial charge in [0.15, 0.2) is 5.82 Å². The summed E-state index contributed by atoms with van der Waals surface area (Å²) in [6.07, 6.45) is 5.68. The minimum Gasteiger partial charge on any atom is -0.325 e. The molecule has 2 aliphatic rings. The molecule has 0 bridgehead atoms. The summed E-state index contributed by atoms with van der Waals surface area (Å²) in [5.41, 5.74) is 4.23. The third-order valence-electron chi connectivity index (χ3n) is 5.60. The fourth-order valence-electron chi connectivity index (χ4n) is 4.32. The topological polar surface area (TPSA) is 50.2 Å². The Kier molecular flexibility index (Phi) is 3.71. The highest BCUT2D eigenvalue weighted by molar-refractivity contribution is 7.18. The van der Waals surface area contributed by atoms with Crippen molar-refractivity contribution in [2.24, 2.45) is 0 Å². The number of thiophene rings is 1. The van der Waals surface area contributed by atoms with Crippen molar-refractivity contribution in [2.75, 3.05) is 6.54 Å². The third kappa shape index (κ3) is 2.71. The van der Waals surface area contributed by atoms with Gasteiger partial charge in [-0.3, -0.25) is 4.79 Å². The lowest BCUT2D eigenvalue weighted by Crippen LogP contribution is -3.10. The molecule has 0 radical (unpaired) electrons. The maximum absolute atomic E-state index is 12.7. The number of quaternary nitrogens is 1. The number of hydrogen-bond acceptors (Lipinski definition) is 3. The maximum Gasteiger partial charge on any atom is 0.260 e. The zero-order chi connectivity index (χ0) is 16.8. The van der Waals surface area contributed by atoms with Gasteiger partial charge in [0.25, 0.3) is 5.56 Å². The van der Waals surface area contributed by atoms with Crippen LogP contribution >= 0.6 is 11.3 Å². The third-order valence-corrected chi connectivity index (χ3v) is 6.78. The number of aromatic nitrogens is 2. The molecular formula is C20H22N3OS+. The Morgan fingerprint density at radius 2 is 1.96 bits per heavy atom. The van der Waals surface area contributed by atoms with Crippen LogP contribution in [0.15, 0.2) is 29.1 Å². The number of aromatic amines is 1. The van der Waals surface area contributed by atoms with Crippen LogP contribution in [-0.4, -0.2) is 16.5 Å². The second-order valence-electron chi connectivity index (χ2n) is 7.28. The van der Waals surface area contributed by atoms with Gasteiger partial charge >= 0.3 is 0 Å². The van der Waals surface area contributed by atoms with Gasteiger partial charge in [-0.05, 0) is 36.8 Å². The van der Waals surface area contributed by atoms with E-state index >= 15 is 0 Å². The lowest BCUT2D eigenvalue weighted by atomic mass is 9.97. The average Bonchev–Trinajstić information content (AvgIpc) is 3.00. The Hall–Kier alpha value is -1.98. The number of rotatable bonds is 2. The van der Waals surface area contributed by atoms with E-state index in [1.165, 1.54) is 39.3 Å². The van der Waals surface area contributed by atoms with Crippen LogP contribution in [0.5, 0.6) is 0 Å². The summed E-state index contributed by atoms with van der Waals surface area (Å²) >= 11 is 1.74. The van der Waals surface area contributed by atoms with Crippen LogP contribution in [0.25, 0.3) is 10.2 Å². The predicted octanol–water partition coefficient (Wildman–Crippen LogP) is 2.00. The van der Waals surface area contributed by atoms with E-state index in [1.807, 2.05) is 0 Å². The summed E-state index contributed by atoms with van der Waals surface area (Å²) in [7, 11) is 0. The van der Waals surface area contributed by atoms with Gasteiger partial charge in [-0.1, -0.05) is 24.3 Å². The molecule has 5 rings (SSSR count). The van der Waals surface area contributed by atoms with Crippen molar-refractivity contribution >= 4 is 21.6 Å². The molecule has 3 aromatic rings. The van der Waals surface area contributed by atoms with Gasteiger partial charge in [-0.25, -0.2) is 4.98 Å². The number of fused-ring (bicyclic) bond motifs is 4. The number of aryl methyl sites for hydroxylation is 2. The Balaban J connectivity index is 1.45. The van der Waals surface area contributed by atoms with E-state index in [0.717, 1.165) is 54.9 Å². The maximum atomic E-state index is 12.7. The number of hydrogen-bond donors (Lipinski definition) is 2. The first-order chi connectivity index (χ1) is 12.3. The Morgan fingerprint density at radius 3 is 2.88 bits per heavy atom. The van der Waals surface area contributed by atoms with Crippen LogP contribution in [0.3, 0.4) is 0 Å². The van der Waals surface area contributed by atoms with Gasteiger partial charge in [0.2, 0.25) is 0 Å². The first-order valence-corrected chi connectivity index (χ1v) is 10.0. The molecule has 2 N–H and O–H groups in total. The van der Waals surface area contributed by atoms with Crippen LogP contribution in [0, 0.1) is 0 Å². The molecule has 0 saturated heterocycles. The van der Waals surface area contributed by atoms with Gasteiger partial charge in [-0.2, -0.15) is 0 Å². The molecule has 0 fully saturated rings. The monoisotopic (exact) mass is 352 g/mol. The smallest absolute Gasteiger partial charge is 0.260 e. The van der Waals surface area contributed by atoms with Crippen LogP contribution in [0.1, 0.15) is 40.2 Å². The molecule has 0 saturated carbocycles.